The van der Waals surface area contributed by atoms with Crippen LogP contribution in [-0.4, -0.2) is 47.7 Å². The van der Waals surface area contributed by atoms with E-state index >= 15 is 0 Å². The zero-order chi connectivity index (χ0) is 27.6. The maximum atomic E-state index is 13.6. The van der Waals surface area contributed by atoms with E-state index in [2.05, 4.69) is 53.6 Å². The van der Waals surface area contributed by atoms with Crippen LogP contribution in [0.4, 0.5) is 0 Å². The molecule has 3 atom stereocenters. The van der Waals surface area contributed by atoms with Crippen LogP contribution in [0.15, 0.2) is 54.6 Å². The Bertz CT molecular complexity index is 1100. The lowest BCUT2D eigenvalue weighted by Gasteiger charge is -2.33. The van der Waals surface area contributed by atoms with Gasteiger partial charge in [0.25, 0.3) is 0 Å². The third kappa shape index (κ3) is 8.76. The second kappa shape index (κ2) is 14.4. The molecule has 0 bridgehead atoms. The fraction of sp³-hybridized carbons (Fsp3) is 0.545. The van der Waals surface area contributed by atoms with Crippen molar-refractivity contribution in [2.75, 3.05) is 13.1 Å². The molecule has 2 aliphatic rings. The summed E-state index contributed by atoms with van der Waals surface area (Å²) in [7, 11) is 0. The van der Waals surface area contributed by atoms with Crippen molar-refractivity contribution in [3.05, 3.63) is 71.3 Å². The largest absolute Gasteiger partial charge is 0.352 e. The lowest BCUT2D eigenvalue weighted by Crippen LogP contribution is -2.53. The lowest BCUT2D eigenvalue weighted by molar-refractivity contribution is -0.133. The van der Waals surface area contributed by atoms with Gasteiger partial charge in [-0.3, -0.25) is 19.3 Å². The highest BCUT2D eigenvalue weighted by atomic mass is 16.2. The molecule has 210 valence electrons. The number of hydrogen-bond acceptors (Lipinski definition) is 4. The number of nitrogens with one attached hydrogen (secondary N) is 2. The van der Waals surface area contributed by atoms with Gasteiger partial charge in [0.1, 0.15) is 0 Å². The van der Waals surface area contributed by atoms with E-state index in [0.29, 0.717) is 25.3 Å². The molecule has 6 nitrogen and oxygen atoms in total. The molecule has 1 aliphatic heterocycles. The summed E-state index contributed by atoms with van der Waals surface area (Å²) in [5.41, 5.74) is 3.62. The number of carbonyl (C=O) groups is 3. The van der Waals surface area contributed by atoms with Gasteiger partial charge >= 0.3 is 0 Å². The second-order valence-corrected chi connectivity index (χ2v) is 11.8. The summed E-state index contributed by atoms with van der Waals surface area (Å²) in [4.78, 5) is 42.2. The Labute approximate surface area is 233 Å². The van der Waals surface area contributed by atoms with Crippen LogP contribution in [0.5, 0.6) is 0 Å². The van der Waals surface area contributed by atoms with Gasteiger partial charge in [0.2, 0.25) is 11.8 Å². The average molecular weight is 532 g/mol. The molecular weight excluding hydrogens is 486 g/mol. The Morgan fingerprint density at radius 2 is 1.62 bits per heavy atom. The van der Waals surface area contributed by atoms with Crippen LogP contribution in [0.25, 0.3) is 0 Å². The summed E-state index contributed by atoms with van der Waals surface area (Å²) < 4.78 is 0. The number of fused-ring (bicyclic) bond motifs is 1. The van der Waals surface area contributed by atoms with Crippen molar-refractivity contribution in [1.82, 2.24) is 15.5 Å². The Morgan fingerprint density at radius 3 is 2.38 bits per heavy atom. The normalized spacial score (nSPS) is 20.5. The van der Waals surface area contributed by atoms with Crippen LogP contribution in [0.3, 0.4) is 0 Å². The van der Waals surface area contributed by atoms with Crippen molar-refractivity contribution in [2.24, 2.45) is 11.8 Å². The first-order chi connectivity index (χ1) is 18.9. The lowest BCUT2D eigenvalue weighted by atomic mass is 9.83. The van der Waals surface area contributed by atoms with Crippen molar-refractivity contribution >= 4 is 17.6 Å². The summed E-state index contributed by atoms with van der Waals surface area (Å²) in [6.07, 6.45) is 7.36. The number of ketones is 1. The molecule has 0 radical (unpaired) electrons. The van der Waals surface area contributed by atoms with E-state index in [-0.39, 0.29) is 29.6 Å². The highest BCUT2D eigenvalue weighted by Gasteiger charge is 2.34. The van der Waals surface area contributed by atoms with Crippen molar-refractivity contribution in [2.45, 2.75) is 90.3 Å². The highest BCUT2D eigenvalue weighted by molar-refractivity contribution is 5.91. The zero-order valence-corrected chi connectivity index (χ0v) is 23.7. The standard InChI is InChI=1S/C33H45N3O3/c1-24(2)18-19-30(31(37)23-36-20-10-15-26-13-6-7-14-27(26)22-36)35-33(39)28-16-8-9-17-29(28)34-32(38)21-25-11-4-3-5-12-25/h3-7,11-14,24,28-30H,8-10,15-23H2,1-2H3,(H,34,38)(H,35,39)/t28-,29+,30+/m1/s1. The fourth-order valence-electron chi connectivity index (χ4n) is 5.98. The van der Waals surface area contributed by atoms with E-state index < -0.39 is 6.04 Å². The number of rotatable bonds is 11. The smallest absolute Gasteiger partial charge is 0.225 e. The summed E-state index contributed by atoms with van der Waals surface area (Å²) in [6, 6.07) is 17.5. The number of nitrogens with zero attached hydrogens (tertiary/aromatic N) is 1. The number of Topliss-reactive ketones (excluding diaryl/α,β-unsaturated/α-hetero) is 1. The van der Waals surface area contributed by atoms with Crippen molar-refractivity contribution < 1.29 is 14.4 Å². The Hall–Kier alpha value is -2.99. The molecule has 2 aromatic carbocycles. The van der Waals surface area contributed by atoms with Gasteiger partial charge in [0.15, 0.2) is 5.78 Å². The van der Waals surface area contributed by atoms with Gasteiger partial charge in [-0.2, -0.15) is 0 Å². The van der Waals surface area contributed by atoms with E-state index in [0.717, 1.165) is 63.6 Å². The maximum Gasteiger partial charge on any atom is 0.225 e. The van der Waals surface area contributed by atoms with Crippen molar-refractivity contribution in [3.63, 3.8) is 0 Å². The molecule has 0 unspecified atom stereocenters. The van der Waals surface area contributed by atoms with Gasteiger partial charge in [-0.15, -0.1) is 0 Å². The number of carbonyl (C=O) groups excluding carboxylic acids is 3. The van der Waals surface area contributed by atoms with Crippen LogP contribution in [-0.2, 0) is 33.8 Å². The molecule has 0 aromatic heterocycles. The SMILES string of the molecule is CC(C)CC[C@H](NC(=O)[C@@H]1CCCC[C@@H]1NC(=O)Cc1ccccc1)C(=O)CN1CCCc2ccccc2C1. The minimum absolute atomic E-state index is 0.0558. The van der Waals surface area contributed by atoms with Gasteiger partial charge in [0, 0.05) is 12.6 Å². The van der Waals surface area contributed by atoms with Crippen LogP contribution in [0.1, 0.15) is 75.5 Å². The highest BCUT2D eigenvalue weighted by Crippen LogP contribution is 2.26. The summed E-state index contributed by atoms with van der Waals surface area (Å²) in [5, 5.41) is 6.29. The maximum absolute atomic E-state index is 13.6. The van der Waals surface area contributed by atoms with Crippen LogP contribution < -0.4 is 10.6 Å². The molecule has 2 aromatic rings. The molecule has 2 N–H and O–H groups in total. The first-order valence-electron chi connectivity index (χ1n) is 14.8. The van der Waals surface area contributed by atoms with Gasteiger partial charge in [-0.25, -0.2) is 0 Å². The molecule has 1 aliphatic carbocycles. The zero-order valence-electron chi connectivity index (χ0n) is 23.7. The Balaban J connectivity index is 1.38. The van der Waals surface area contributed by atoms with E-state index in [4.69, 9.17) is 0 Å². The van der Waals surface area contributed by atoms with Gasteiger partial charge < -0.3 is 10.6 Å². The van der Waals surface area contributed by atoms with Gasteiger partial charge in [0.05, 0.1) is 24.9 Å². The average Bonchev–Trinajstić information content (AvgIpc) is 3.13. The quantitative estimate of drug-likeness (QED) is 0.435. The summed E-state index contributed by atoms with van der Waals surface area (Å²) >= 11 is 0. The minimum Gasteiger partial charge on any atom is -0.352 e. The molecule has 0 saturated heterocycles. The van der Waals surface area contributed by atoms with E-state index in [1.165, 1.54) is 11.1 Å². The summed E-state index contributed by atoms with van der Waals surface area (Å²) in [5.74, 6) is 0.0755. The van der Waals surface area contributed by atoms with Crippen molar-refractivity contribution in [1.29, 1.82) is 0 Å². The number of amides is 2. The van der Waals surface area contributed by atoms with Crippen LogP contribution in [0.2, 0.25) is 0 Å². The molecule has 0 spiro atoms. The molecule has 1 heterocycles. The first-order valence-corrected chi connectivity index (χ1v) is 14.8. The molecule has 2 amide bonds. The number of benzene rings is 2. The number of aryl methyl sites for hydroxylation is 1. The summed E-state index contributed by atoms with van der Waals surface area (Å²) in [6.45, 7) is 6.29. The van der Waals surface area contributed by atoms with E-state index in [1.807, 2.05) is 30.3 Å². The Kier molecular flexibility index (Phi) is 10.7. The Morgan fingerprint density at radius 1 is 0.897 bits per heavy atom. The van der Waals surface area contributed by atoms with Crippen LogP contribution in [0, 0.1) is 11.8 Å². The van der Waals surface area contributed by atoms with Crippen molar-refractivity contribution in [3.8, 4) is 0 Å². The monoisotopic (exact) mass is 531 g/mol. The molecule has 39 heavy (non-hydrogen) atoms. The van der Waals surface area contributed by atoms with E-state index in [9.17, 15) is 14.4 Å². The third-order valence-electron chi connectivity index (χ3n) is 8.21. The second-order valence-electron chi connectivity index (χ2n) is 11.8. The van der Waals surface area contributed by atoms with Crippen LogP contribution >= 0.6 is 0 Å². The minimum atomic E-state index is -0.499. The van der Waals surface area contributed by atoms with Gasteiger partial charge in [-0.05, 0) is 67.7 Å². The molecule has 6 heteroatoms. The first kappa shape index (κ1) is 29.0. The van der Waals surface area contributed by atoms with Gasteiger partial charge in [-0.1, -0.05) is 81.3 Å². The molecule has 1 fully saturated rings. The topological polar surface area (TPSA) is 78.5 Å². The number of hydrogen-bond donors (Lipinski definition) is 2. The fourth-order valence-corrected chi connectivity index (χ4v) is 5.98. The molecule has 4 rings (SSSR count). The van der Waals surface area contributed by atoms with E-state index in [1.54, 1.807) is 0 Å². The third-order valence-corrected chi connectivity index (χ3v) is 8.21. The molecular formula is C33H45N3O3. The molecule has 1 saturated carbocycles. The predicted molar refractivity (Wildman–Crippen MR) is 155 cm³/mol. The predicted octanol–water partition coefficient (Wildman–Crippen LogP) is 4.84.